The Morgan fingerprint density at radius 2 is 2.21 bits per heavy atom. The molecule has 0 saturated carbocycles. The van der Waals surface area contributed by atoms with E-state index < -0.39 is 5.97 Å². The van der Waals surface area contributed by atoms with Crippen molar-refractivity contribution >= 4 is 23.5 Å². The Hall–Kier alpha value is -1.07. The van der Waals surface area contributed by atoms with Gasteiger partial charge in [-0.2, -0.15) is 0 Å². The number of halogens is 1. The van der Waals surface area contributed by atoms with Crippen LogP contribution in [0.15, 0.2) is 10.7 Å². The Morgan fingerprint density at radius 3 is 2.64 bits per heavy atom. The molecule has 2 heterocycles. The zero-order valence-electron chi connectivity index (χ0n) is 7.29. The van der Waals surface area contributed by atoms with Gasteiger partial charge < -0.3 is 15.5 Å². The third-order valence-corrected chi connectivity index (χ3v) is 2.81. The van der Waals surface area contributed by atoms with Crippen LogP contribution in [0.25, 0.3) is 0 Å². The number of carboxylic acid groups (broad SMARTS) is 1. The van der Waals surface area contributed by atoms with Gasteiger partial charge in [0.1, 0.15) is 5.70 Å². The zero-order chi connectivity index (χ0) is 9.59. The van der Waals surface area contributed by atoms with Gasteiger partial charge in [0, 0.05) is 17.5 Å². The number of carbonyl (C=O) groups excluding carboxylic acids is 1. The van der Waals surface area contributed by atoms with Crippen molar-refractivity contribution < 1.29 is 20.2 Å². The maximum Gasteiger partial charge on any atom is 0.353 e. The van der Waals surface area contributed by atoms with Gasteiger partial charge >= 0.3 is 5.97 Å². The molecule has 0 radical (unpaired) electrons. The van der Waals surface area contributed by atoms with E-state index in [9.17, 15) is 9.59 Å². The van der Waals surface area contributed by atoms with Gasteiger partial charge in [-0.25, -0.2) is 4.79 Å². The van der Waals surface area contributed by atoms with E-state index in [-0.39, 0.29) is 28.2 Å². The molecule has 2 rings (SSSR count). The highest BCUT2D eigenvalue weighted by atomic mass is 35.5. The lowest BCUT2D eigenvalue weighted by molar-refractivity contribution is -0.150. The normalized spacial score (nSPS) is 25.1. The minimum atomic E-state index is -1.11. The number of hydrogen-bond donors (Lipinski definition) is 1. The lowest BCUT2D eigenvalue weighted by Crippen LogP contribution is -2.54. The summed E-state index contributed by atoms with van der Waals surface area (Å²) in [6.45, 7) is 0. The minimum Gasteiger partial charge on any atom is -0.477 e. The van der Waals surface area contributed by atoms with Crippen LogP contribution in [0.2, 0.25) is 0 Å². The highest BCUT2D eigenvalue weighted by molar-refractivity contribution is 6.32. The van der Waals surface area contributed by atoms with E-state index in [0.717, 1.165) is 6.42 Å². The molecule has 0 aromatic rings. The molecular formula is C8H10ClNO4. The van der Waals surface area contributed by atoms with E-state index in [1.807, 2.05) is 0 Å². The smallest absolute Gasteiger partial charge is 0.353 e. The predicted molar refractivity (Wildman–Crippen MR) is 48.6 cm³/mol. The van der Waals surface area contributed by atoms with Gasteiger partial charge in [0.15, 0.2) is 0 Å². The lowest BCUT2D eigenvalue weighted by atomic mass is 9.91. The number of hydrogen-bond acceptors (Lipinski definition) is 2. The van der Waals surface area contributed by atoms with Crippen molar-refractivity contribution in [3.63, 3.8) is 0 Å². The summed E-state index contributed by atoms with van der Waals surface area (Å²) in [7, 11) is 0. The van der Waals surface area contributed by atoms with Crippen molar-refractivity contribution in [3.05, 3.63) is 10.7 Å². The summed E-state index contributed by atoms with van der Waals surface area (Å²) in [6, 6.07) is 0.0705. The molecule has 5 nitrogen and oxygen atoms in total. The number of fused-ring (bicyclic) bond motifs is 1. The first-order chi connectivity index (χ1) is 6.11. The summed E-state index contributed by atoms with van der Waals surface area (Å²) in [5.74, 6) is -1.25. The van der Waals surface area contributed by atoms with Gasteiger partial charge in [0.05, 0.1) is 0 Å². The van der Waals surface area contributed by atoms with Crippen molar-refractivity contribution in [2.75, 3.05) is 0 Å². The maximum atomic E-state index is 11.1. The molecule has 0 spiro atoms. The van der Waals surface area contributed by atoms with Crippen LogP contribution in [0, 0.1) is 0 Å². The van der Waals surface area contributed by atoms with Crippen molar-refractivity contribution in [1.82, 2.24) is 4.90 Å². The molecule has 14 heavy (non-hydrogen) atoms. The number of carbonyl (C=O) groups is 2. The topological polar surface area (TPSA) is 89.1 Å². The van der Waals surface area contributed by atoms with Gasteiger partial charge in [-0.05, 0) is 12.8 Å². The molecule has 1 atom stereocenters. The SMILES string of the molecule is O.O=C(O)C1=C(Cl)CCC2CC(=O)N12. The zero-order valence-corrected chi connectivity index (χ0v) is 8.04. The van der Waals surface area contributed by atoms with Crippen LogP contribution in [0.3, 0.4) is 0 Å². The molecular weight excluding hydrogens is 210 g/mol. The second-order valence-corrected chi connectivity index (χ2v) is 3.68. The highest BCUT2D eigenvalue weighted by Gasteiger charge is 2.44. The standard InChI is InChI=1S/C8H8ClNO3.H2O/c9-5-2-1-4-3-6(11)10(4)7(5)8(12)13;/h4H,1-3H2,(H,12,13);1H2. The maximum absolute atomic E-state index is 11.1. The molecule has 6 heteroatoms. The van der Waals surface area contributed by atoms with Crippen molar-refractivity contribution in [3.8, 4) is 0 Å². The van der Waals surface area contributed by atoms with Crippen LogP contribution in [0.4, 0.5) is 0 Å². The van der Waals surface area contributed by atoms with Crippen LogP contribution < -0.4 is 0 Å². The summed E-state index contributed by atoms with van der Waals surface area (Å²) >= 11 is 5.74. The molecule has 1 fully saturated rings. The van der Waals surface area contributed by atoms with Gasteiger partial charge in [-0.1, -0.05) is 11.6 Å². The molecule has 3 N–H and O–H groups in total. The Labute approximate surface area is 85.3 Å². The number of nitrogens with zero attached hydrogens (tertiary/aromatic N) is 1. The molecule has 1 unspecified atom stereocenters. The fourth-order valence-corrected chi connectivity index (χ4v) is 2.06. The van der Waals surface area contributed by atoms with E-state index in [1.54, 1.807) is 0 Å². The van der Waals surface area contributed by atoms with Crippen LogP contribution in [-0.2, 0) is 9.59 Å². The molecule has 2 aliphatic rings. The van der Waals surface area contributed by atoms with E-state index in [1.165, 1.54) is 4.90 Å². The van der Waals surface area contributed by atoms with E-state index >= 15 is 0 Å². The molecule has 0 aromatic carbocycles. The summed E-state index contributed by atoms with van der Waals surface area (Å²) in [4.78, 5) is 23.2. The first-order valence-electron chi connectivity index (χ1n) is 4.05. The Kier molecular flexibility index (Phi) is 2.82. The fraction of sp³-hybridized carbons (Fsp3) is 0.500. The predicted octanol–water partition coefficient (Wildman–Crippen LogP) is 0.0914. The first-order valence-corrected chi connectivity index (χ1v) is 4.43. The second-order valence-electron chi connectivity index (χ2n) is 3.22. The van der Waals surface area contributed by atoms with Gasteiger partial charge in [0.25, 0.3) is 0 Å². The average Bonchev–Trinajstić information content (AvgIpc) is 2.05. The van der Waals surface area contributed by atoms with Crippen molar-refractivity contribution in [2.24, 2.45) is 0 Å². The lowest BCUT2D eigenvalue weighted by Gasteiger charge is -2.43. The summed E-state index contributed by atoms with van der Waals surface area (Å²) in [6.07, 6.45) is 1.81. The van der Waals surface area contributed by atoms with E-state index in [0.29, 0.717) is 12.8 Å². The fourth-order valence-electron chi connectivity index (χ4n) is 1.78. The molecule has 2 aliphatic heterocycles. The number of aliphatic carboxylic acids is 1. The Balaban J connectivity index is 0.000000980. The molecule has 1 saturated heterocycles. The monoisotopic (exact) mass is 219 g/mol. The largest absolute Gasteiger partial charge is 0.477 e. The molecule has 0 aromatic heterocycles. The van der Waals surface area contributed by atoms with E-state index in [4.69, 9.17) is 16.7 Å². The summed E-state index contributed by atoms with van der Waals surface area (Å²) < 4.78 is 0. The molecule has 78 valence electrons. The Morgan fingerprint density at radius 1 is 1.57 bits per heavy atom. The van der Waals surface area contributed by atoms with Crippen LogP contribution in [-0.4, -0.2) is 33.4 Å². The third-order valence-electron chi connectivity index (χ3n) is 2.44. The quantitative estimate of drug-likeness (QED) is 0.634. The van der Waals surface area contributed by atoms with Crippen LogP contribution >= 0.6 is 11.6 Å². The second kappa shape index (κ2) is 3.59. The average molecular weight is 220 g/mol. The minimum absolute atomic E-state index is 0. The number of carboxylic acids is 1. The van der Waals surface area contributed by atoms with Gasteiger partial charge in [-0.3, -0.25) is 4.79 Å². The van der Waals surface area contributed by atoms with Crippen LogP contribution in [0.1, 0.15) is 19.3 Å². The number of amides is 1. The highest BCUT2D eigenvalue weighted by Crippen LogP contribution is 2.37. The molecule has 0 aliphatic carbocycles. The van der Waals surface area contributed by atoms with Crippen molar-refractivity contribution in [1.29, 1.82) is 0 Å². The van der Waals surface area contributed by atoms with E-state index in [2.05, 4.69) is 0 Å². The van der Waals surface area contributed by atoms with Gasteiger partial charge in [0.2, 0.25) is 5.91 Å². The third kappa shape index (κ3) is 1.38. The molecule has 0 bridgehead atoms. The summed E-state index contributed by atoms with van der Waals surface area (Å²) in [5, 5.41) is 9.10. The number of allylic oxidation sites excluding steroid dienone is 1. The molecule has 1 amide bonds. The van der Waals surface area contributed by atoms with Crippen molar-refractivity contribution in [2.45, 2.75) is 25.3 Å². The van der Waals surface area contributed by atoms with Gasteiger partial charge in [-0.15, -0.1) is 0 Å². The Bertz CT molecular complexity index is 325. The number of β-lactam (4-membered cyclic amide) rings is 1. The van der Waals surface area contributed by atoms with Crippen LogP contribution in [0.5, 0.6) is 0 Å². The number of rotatable bonds is 1. The first kappa shape index (κ1) is 11.0. The summed E-state index contributed by atoms with van der Waals surface area (Å²) in [5.41, 5.74) is -0.0193.